The molecule has 100 valence electrons. The highest BCUT2D eigenvalue weighted by molar-refractivity contribution is 5.46. The van der Waals surface area contributed by atoms with Gasteiger partial charge in [0.25, 0.3) is 0 Å². The van der Waals surface area contributed by atoms with E-state index in [-0.39, 0.29) is 0 Å². The fraction of sp³-hybridized carbons (Fsp3) is 0.667. The Morgan fingerprint density at radius 2 is 2.17 bits per heavy atom. The first-order chi connectivity index (χ1) is 8.61. The molecule has 18 heavy (non-hydrogen) atoms. The summed E-state index contributed by atoms with van der Waals surface area (Å²) >= 11 is 0. The summed E-state index contributed by atoms with van der Waals surface area (Å²) in [5.41, 5.74) is 1.96. The molecule has 0 radical (unpaired) electrons. The van der Waals surface area contributed by atoms with Crippen LogP contribution in [0.3, 0.4) is 0 Å². The Balaban J connectivity index is 2.13. The zero-order chi connectivity index (χ0) is 13.1. The summed E-state index contributed by atoms with van der Waals surface area (Å²) in [7, 11) is 0. The Morgan fingerprint density at radius 1 is 1.39 bits per heavy atom. The maximum atomic E-state index is 9.75. The molecule has 3 heteroatoms. The van der Waals surface area contributed by atoms with Crippen molar-refractivity contribution in [2.75, 3.05) is 11.4 Å². The molecule has 0 saturated carbocycles. The van der Waals surface area contributed by atoms with E-state index >= 15 is 0 Å². The Kier molecular flexibility index (Phi) is 4.23. The molecular formula is C15H24N2O. The molecule has 1 saturated heterocycles. The monoisotopic (exact) mass is 248 g/mol. The minimum absolute atomic E-state index is 0.434. The van der Waals surface area contributed by atoms with Crippen LogP contribution in [0.1, 0.15) is 51.8 Å². The maximum Gasteiger partial charge on any atom is 0.0957 e. The zero-order valence-corrected chi connectivity index (χ0v) is 11.6. The second kappa shape index (κ2) is 5.70. The summed E-state index contributed by atoms with van der Waals surface area (Å²) in [5.74, 6) is 0.752. The third kappa shape index (κ3) is 2.83. The molecule has 0 bridgehead atoms. The van der Waals surface area contributed by atoms with Gasteiger partial charge in [0.05, 0.1) is 23.7 Å². The number of nitrogens with zero attached hydrogens (tertiary/aromatic N) is 2. The van der Waals surface area contributed by atoms with Gasteiger partial charge in [-0.2, -0.15) is 0 Å². The smallest absolute Gasteiger partial charge is 0.0957 e. The highest BCUT2D eigenvalue weighted by Crippen LogP contribution is 2.27. The van der Waals surface area contributed by atoms with E-state index in [2.05, 4.69) is 29.8 Å². The molecule has 3 nitrogen and oxygen atoms in total. The van der Waals surface area contributed by atoms with E-state index in [4.69, 9.17) is 0 Å². The van der Waals surface area contributed by atoms with E-state index in [1.807, 2.05) is 19.2 Å². The van der Waals surface area contributed by atoms with Gasteiger partial charge < -0.3 is 10.0 Å². The van der Waals surface area contributed by atoms with Crippen LogP contribution in [-0.4, -0.2) is 22.7 Å². The fourth-order valence-corrected chi connectivity index (χ4v) is 2.62. The number of aromatic nitrogens is 1. The third-order valence-corrected chi connectivity index (χ3v) is 3.95. The van der Waals surface area contributed by atoms with Gasteiger partial charge in [-0.25, -0.2) is 0 Å². The molecule has 2 unspecified atom stereocenters. The highest BCUT2D eigenvalue weighted by atomic mass is 16.3. The van der Waals surface area contributed by atoms with Crippen LogP contribution in [0.4, 0.5) is 5.69 Å². The SMILES string of the molecule is CC[C@@H](O)c1ccc(N2CC(C)CCC2C)cn1. The van der Waals surface area contributed by atoms with Crippen molar-refractivity contribution in [1.29, 1.82) is 0 Å². The van der Waals surface area contributed by atoms with Gasteiger partial charge in [-0.1, -0.05) is 13.8 Å². The average molecular weight is 248 g/mol. The van der Waals surface area contributed by atoms with E-state index in [0.717, 1.165) is 18.2 Å². The lowest BCUT2D eigenvalue weighted by Gasteiger charge is -2.38. The Hall–Kier alpha value is -1.09. The molecule has 0 aromatic carbocycles. The number of hydrogen-bond donors (Lipinski definition) is 1. The molecule has 2 rings (SSSR count). The van der Waals surface area contributed by atoms with Crippen LogP contribution in [0, 0.1) is 5.92 Å². The number of pyridine rings is 1. The van der Waals surface area contributed by atoms with Gasteiger partial charge in [0.15, 0.2) is 0 Å². The topological polar surface area (TPSA) is 36.4 Å². The predicted molar refractivity (Wildman–Crippen MR) is 74.7 cm³/mol. The molecule has 2 heterocycles. The minimum atomic E-state index is -0.434. The van der Waals surface area contributed by atoms with Crippen LogP contribution in [-0.2, 0) is 0 Å². The van der Waals surface area contributed by atoms with Gasteiger partial charge in [0, 0.05) is 12.6 Å². The van der Waals surface area contributed by atoms with Crippen LogP contribution in [0.5, 0.6) is 0 Å². The third-order valence-electron chi connectivity index (χ3n) is 3.95. The normalized spacial score (nSPS) is 26.1. The summed E-state index contributed by atoms with van der Waals surface area (Å²) < 4.78 is 0. The number of piperidine rings is 1. The number of hydrogen-bond acceptors (Lipinski definition) is 3. The van der Waals surface area contributed by atoms with E-state index < -0.39 is 6.10 Å². The summed E-state index contributed by atoms with van der Waals surface area (Å²) in [6.45, 7) is 7.66. The van der Waals surface area contributed by atoms with Crippen LogP contribution >= 0.6 is 0 Å². The second-order valence-corrected chi connectivity index (χ2v) is 5.55. The lowest BCUT2D eigenvalue weighted by molar-refractivity contribution is 0.169. The van der Waals surface area contributed by atoms with Crippen molar-refractivity contribution in [2.45, 2.75) is 52.2 Å². The fourth-order valence-electron chi connectivity index (χ4n) is 2.62. The molecule has 1 aliphatic rings. The first-order valence-corrected chi connectivity index (χ1v) is 7.02. The predicted octanol–water partition coefficient (Wildman–Crippen LogP) is 3.15. The molecule has 0 aliphatic carbocycles. The standard InChI is InChI=1S/C15H24N2O/c1-4-15(18)14-8-7-13(9-16-14)17-10-11(2)5-6-12(17)3/h7-9,11-12,15,18H,4-6,10H2,1-3H3/t11?,12?,15-/m1/s1. The quantitative estimate of drug-likeness (QED) is 0.892. The van der Waals surface area contributed by atoms with E-state index in [1.165, 1.54) is 18.5 Å². The van der Waals surface area contributed by atoms with Crippen LogP contribution in [0.2, 0.25) is 0 Å². The molecule has 0 amide bonds. The Morgan fingerprint density at radius 3 is 2.78 bits per heavy atom. The maximum absolute atomic E-state index is 9.75. The van der Waals surface area contributed by atoms with Crippen LogP contribution in [0.15, 0.2) is 18.3 Å². The Labute approximate surface area is 110 Å². The molecule has 1 aliphatic heterocycles. The van der Waals surface area contributed by atoms with E-state index in [0.29, 0.717) is 12.5 Å². The largest absolute Gasteiger partial charge is 0.387 e. The molecule has 0 spiro atoms. The lowest BCUT2D eigenvalue weighted by atomic mass is 9.94. The van der Waals surface area contributed by atoms with Crippen molar-refractivity contribution in [1.82, 2.24) is 4.98 Å². The first kappa shape index (κ1) is 13.3. The van der Waals surface area contributed by atoms with Crippen molar-refractivity contribution in [3.05, 3.63) is 24.0 Å². The summed E-state index contributed by atoms with van der Waals surface area (Å²) in [6, 6.07) is 4.63. The number of anilines is 1. The van der Waals surface area contributed by atoms with Gasteiger partial charge in [0.2, 0.25) is 0 Å². The van der Waals surface area contributed by atoms with Crippen molar-refractivity contribution in [2.24, 2.45) is 5.92 Å². The van der Waals surface area contributed by atoms with Crippen molar-refractivity contribution in [3.63, 3.8) is 0 Å². The van der Waals surface area contributed by atoms with E-state index in [1.54, 1.807) is 0 Å². The molecule has 3 atom stereocenters. The van der Waals surface area contributed by atoms with Gasteiger partial charge >= 0.3 is 0 Å². The van der Waals surface area contributed by atoms with Crippen molar-refractivity contribution < 1.29 is 5.11 Å². The number of aliphatic hydroxyl groups is 1. The van der Waals surface area contributed by atoms with Crippen LogP contribution in [0.25, 0.3) is 0 Å². The van der Waals surface area contributed by atoms with Crippen molar-refractivity contribution >= 4 is 5.69 Å². The highest BCUT2D eigenvalue weighted by Gasteiger charge is 2.23. The molecule has 1 fully saturated rings. The summed E-state index contributed by atoms with van der Waals surface area (Å²) in [6.07, 6.45) is 4.75. The zero-order valence-electron chi connectivity index (χ0n) is 11.6. The van der Waals surface area contributed by atoms with Gasteiger partial charge in [-0.15, -0.1) is 0 Å². The first-order valence-electron chi connectivity index (χ1n) is 7.02. The summed E-state index contributed by atoms with van der Waals surface area (Å²) in [5, 5.41) is 9.75. The molecule has 1 aromatic heterocycles. The van der Waals surface area contributed by atoms with Gasteiger partial charge in [-0.3, -0.25) is 4.98 Å². The molecule has 1 aromatic rings. The van der Waals surface area contributed by atoms with Gasteiger partial charge in [0.1, 0.15) is 0 Å². The second-order valence-electron chi connectivity index (χ2n) is 5.55. The van der Waals surface area contributed by atoms with Gasteiger partial charge in [-0.05, 0) is 44.2 Å². The lowest BCUT2D eigenvalue weighted by Crippen LogP contribution is -2.41. The molecule has 1 N–H and O–H groups in total. The minimum Gasteiger partial charge on any atom is -0.387 e. The molecular weight excluding hydrogens is 224 g/mol. The Bertz CT molecular complexity index is 377. The van der Waals surface area contributed by atoms with Crippen LogP contribution < -0.4 is 4.90 Å². The van der Waals surface area contributed by atoms with Crippen molar-refractivity contribution in [3.8, 4) is 0 Å². The number of aliphatic hydroxyl groups excluding tert-OH is 1. The number of rotatable bonds is 3. The average Bonchev–Trinajstić information content (AvgIpc) is 2.41. The summed E-state index contributed by atoms with van der Waals surface area (Å²) in [4.78, 5) is 6.83. The van der Waals surface area contributed by atoms with E-state index in [9.17, 15) is 5.11 Å².